The molecule has 0 bridgehead atoms. The largest absolute Gasteiger partial charge is 0.465 e. The number of nitrogens with zero attached hydrogens (tertiary/aromatic N) is 3. The minimum Gasteiger partial charge on any atom is -0.465 e. The van der Waals surface area contributed by atoms with Crippen molar-refractivity contribution in [2.45, 2.75) is 52.1 Å². The highest BCUT2D eigenvalue weighted by Gasteiger charge is 2.36. The number of ether oxygens (including phenoxy) is 2. The fraction of sp³-hybridized carbons (Fsp3) is 0.545. The number of carbonyl (C=O) groups excluding carboxylic acids is 2. The number of aromatic amines is 1. The van der Waals surface area contributed by atoms with Gasteiger partial charge < -0.3 is 19.7 Å². The second kappa shape index (κ2) is 9.80. The number of aromatic nitrogens is 3. The van der Waals surface area contributed by atoms with Crippen LogP contribution in [0.3, 0.4) is 0 Å². The van der Waals surface area contributed by atoms with Gasteiger partial charge in [-0.05, 0) is 58.6 Å². The van der Waals surface area contributed by atoms with E-state index in [1.54, 1.807) is 24.1 Å². The number of carbonyl (C=O) groups is 2. The number of piperidine rings is 1. The molecule has 3 heterocycles. The number of H-pyrrole nitrogens is 1. The summed E-state index contributed by atoms with van der Waals surface area (Å²) in [7, 11) is 0. The van der Waals surface area contributed by atoms with E-state index in [1.807, 2.05) is 39.0 Å². The minimum atomic E-state index is -0.534. The summed E-state index contributed by atoms with van der Waals surface area (Å²) < 4.78 is 10.9. The van der Waals surface area contributed by atoms with E-state index in [9.17, 15) is 9.59 Å². The molecule has 9 nitrogen and oxygen atoms in total. The Bertz CT molecular complexity index is 870. The Morgan fingerprint density at radius 1 is 1.26 bits per heavy atom. The van der Waals surface area contributed by atoms with Gasteiger partial charge in [-0.25, -0.2) is 9.78 Å². The zero-order chi connectivity index (χ0) is 22.4. The van der Waals surface area contributed by atoms with Crippen molar-refractivity contribution in [3.63, 3.8) is 0 Å². The SMILES string of the molecule is CCOC(=O)[C@H](c1cccc(Nc2ccn[nH]2)n1)C1CCN(C(=O)OC(C)(C)C)CC1. The Balaban J connectivity index is 1.73. The predicted molar refractivity (Wildman–Crippen MR) is 116 cm³/mol. The van der Waals surface area contributed by atoms with Crippen molar-refractivity contribution in [3.8, 4) is 0 Å². The Labute approximate surface area is 182 Å². The molecule has 1 fully saturated rings. The number of likely N-dealkylation sites (tertiary alicyclic amines) is 1. The van der Waals surface area contributed by atoms with Crippen LogP contribution in [0.2, 0.25) is 0 Å². The van der Waals surface area contributed by atoms with Crippen LogP contribution in [-0.4, -0.2) is 57.4 Å². The highest BCUT2D eigenvalue weighted by molar-refractivity contribution is 5.78. The molecule has 0 aliphatic carbocycles. The van der Waals surface area contributed by atoms with Crippen molar-refractivity contribution < 1.29 is 19.1 Å². The van der Waals surface area contributed by atoms with Crippen molar-refractivity contribution >= 4 is 23.7 Å². The van der Waals surface area contributed by atoms with Crippen molar-refractivity contribution in [2.75, 3.05) is 25.0 Å². The molecule has 3 rings (SSSR count). The van der Waals surface area contributed by atoms with Gasteiger partial charge in [-0.1, -0.05) is 6.07 Å². The zero-order valence-electron chi connectivity index (χ0n) is 18.6. The third kappa shape index (κ3) is 6.19. The summed E-state index contributed by atoms with van der Waals surface area (Å²) in [5, 5.41) is 9.89. The second-order valence-electron chi connectivity index (χ2n) is 8.58. The third-order valence-corrected chi connectivity index (χ3v) is 5.06. The van der Waals surface area contributed by atoms with E-state index in [4.69, 9.17) is 9.47 Å². The van der Waals surface area contributed by atoms with Gasteiger partial charge in [-0.3, -0.25) is 9.89 Å². The van der Waals surface area contributed by atoms with Crippen LogP contribution in [0, 0.1) is 5.92 Å². The first-order valence-corrected chi connectivity index (χ1v) is 10.6. The maximum absolute atomic E-state index is 12.9. The summed E-state index contributed by atoms with van der Waals surface area (Å²) in [5.41, 5.74) is 0.117. The lowest BCUT2D eigenvalue weighted by atomic mass is 9.82. The smallest absolute Gasteiger partial charge is 0.410 e. The van der Waals surface area contributed by atoms with E-state index in [2.05, 4.69) is 20.5 Å². The maximum atomic E-state index is 12.9. The molecule has 1 saturated heterocycles. The minimum absolute atomic E-state index is 0.0210. The number of hydrogen-bond acceptors (Lipinski definition) is 7. The van der Waals surface area contributed by atoms with E-state index in [0.717, 1.165) is 0 Å². The quantitative estimate of drug-likeness (QED) is 0.671. The van der Waals surface area contributed by atoms with Crippen LogP contribution >= 0.6 is 0 Å². The first-order valence-electron chi connectivity index (χ1n) is 10.6. The molecule has 0 spiro atoms. The van der Waals surface area contributed by atoms with Gasteiger partial charge in [0.2, 0.25) is 0 Å². The van der Waals surface area contributed by atoms with Crippen LogP contribution in [0.25, 0.3) is 0 Å². The number of amides is 1. The monoisotopic (exact) mass is 429 g/mol. The molecule has 1 atom stereocenters. The van der Waals surface area contributed by atoms with Crippen LogP contribution in [0.15, 0.2) is 30.5 Å². The zero-order valence-corrected chi connectivity index (χ0v) is 18.6. The van der Waals surface area contributed by atoms with Gasteiger partial charge >= 0.3 is 12.1 Å². The highest BCUT2D eigenvalue weighted by Crippen LogP contribution is 2.34. The lowest BCUT2D eigenvalue weighted by molar-refractivity contribution is -0.147. The molecule has 2 N–H and O–H groups in total. The average molecular weight is 430 g/mol. The molecular weight excluding hydrogens is 398 g/mol. The lowest BCUT2D eigenvalue weighted by Gasteiger charge is -2.35. The van der Waals surface area contributed by atoms with Crippen LogP contribution in [-0.2, 0) is 14.3 Å². The number of esters is 1. The van der Waals surface area contributed by atoms with Gasteiger partial charge in [0.15, 0.2) is 0 Å². The van der Waals surface area contributed by atoms with Gasteiger partial charge in [0.25, 0.3) is 0 Å². The first kappa shape index (κ1) is 22.6. The van der Waals surface area contributed by atoms with Gasteiger partial charge in [0.1, 0.15) is 23.2 Å². The number of anilines is 2. The molecule has 1 aliphatic rings. The average Bonchev–Trinajstić information content (AvgIpc) is 3.21. The summed E-state index contributed by atoms with van der Waals surface area (Å²) in [6, 6.07) is 7.34. The topological polar surface area (TPSA) is 109 Å². The van der Waals surface area contributed by atoms with Crippen LogP contribution < -0.4 is 5.32 Å². The van der Waals surface area contributed by atoms with E-state index in [0.29, 0.717) is 49.9 Å². The fourth-order valence-electron chi connectivity index (χ4n) is 3.69. The first-order chi connectivity index (χ1) is 14.8. The fourth-order valence-corrected chi connectivity index (χ4v) is 3.69. The van der Waals surface area contributed by atoms with Crippen molar-refractivity contribution in [3.05, 3.63) is 36.2 Å². The summed E-state index contributed by atoms with van der Waals surface area (Å²) in [5.74, 6) is 0.562. The summed E-state index contributed by atoms with van der Waals surface area (Å²) in [6.45, 7) is 8.71. The van der Waals surface area contributed by atoms with Gasteiger partial charge in [-0.15, -0.1) is 0 Å². The van der Waals surface area contributed by atoms with Gasteiger partial charge in [0.05, 0.1) is 18.5 Å². The van der Waals surface area contributed by atoms with Crippen molar-refractivity contribution in [1.29, 1.82) is 0 Å². The second-order valence-corrected chi connectivity index (χ2v) is 8.58. The molecule has 0 saturated carbocycles. The molecule has 1 aliphatic heterocycles. The maximum Gasteiger partial charge on any atom is 0.410 e. The standard InChI is InChI=1S/C22H31N5O4/c1-5-30-20(28)19(15-10-13-27(14-11-15)21(29)31-22(2,3)4)16-7-6-8-17(24-16)25-18-9-12-23-26-18/h6-9,12,15,19H,5,10-11,13-14H2,1-4H3,(H2,23,24,25,26)/t19-/m0/s1. The number of hydrogen-bond donors (Lipinski definition) is 2. The Morgan fingerprint density at radius 2 is 2.00 bits per heavy atom. The third-order valence-electron chi connectivity index (χ3n) is 5.06. The van der Waals surface area contributed by atoms with Crippen molar-refractivity contribution in [2.24, 2.45) is 5.92 Å². The van der Waals surface area contributed by atoms with Crippen LogP contribution in [0.5, 0.6) is 0 Å². The molecule has 2 aromatic rings. The molecule has 0 radical (unpaired) electrons. The van der Waals surface area contributed by atoms with E-state index in [-0.39, 0.29) is 18.0 Å². The molecule has 0 aromatic carbocycles. The van der Waals surface area contributed by atoms with Crippen LogP contribution in [0.4, 0.5) is 16.4 Å². The molecule has 0 unspecified atom stereocenters. The molecule has 2 aromatic heterocycles. The Kier molecular flexibility index (Phi) is 7.14. The summed E-state index contributed by atoms with van der Waals surface area (Å²) in [4.78, 5) is 31.6. The lowest BCUT2D eigenvalue weighted by Crippen LogP contribution is -2.43. The number of nitrogens with one attached hydrogen (secondary N) is 2. The molecule has 168 valence electrons. The Morgan fingerprint density at radius 3 is 2.61 bits per heavy atom. The van der Waals surface area contributed by atoms with E-state index >= 15 is 0 Å². The van der Waals surface area contributed by atoms with E-state index < -0.39 is 11.5 Å². The molecular formula is C22H31N5O4. The molecule has 9 heteroatoms. The Hall–Kier alpha value is -3.10. The van der Waals surface area contributed by atoms with Gasteiger partial charge in [-0.2, -0.15) is 5.10 Å². The normalized spacial score (nSPS) is 15.9. The highest BCUT2D eigenvalue weighted by atomic mass is 16.6. The predicted octanol–water partition coefficient (Wildman–Crippen LogP) is 3.84. The summed E-state index contributed by atoms with van der Waals surface area (Å²) in [6.07, 6.45) is 2.67. The van der Waals surface area contributed by atoms with Crippen molar-refractivity contribution in [1.82, 2.24) is 20.1 Å². The molecule has 31 heavy (non-hydrogen) atoms. The van der Waals surface area contributed by atoms with Crippen LogP contribution in [0.1, 0.15) is 52.1 Å². The van der Waals surface area contributed by atoms with Gasteiger partial charge in [0, 0.05) is 19.2 Å². The van der Waals surface area contributed by atoms with E-state index in [1.165, 1.54) is 0 Å². The number of rotatable bonds is 6. The molecule has 1 amide bonds. The summed E-state index contributed by atoms with van der Waals surface area (Å²) >= 11 is 0. The number of pyridine rings is 1.